The first-order valence-electron chi connectivity index (χ1n) is 20.7. The van der Waals surface area contributed by atoms with Crippen LogP contribution in [0.15, 0.2) is 36.5 Å². The van der Waals surface area contributed by atoms with Crippen LogP contribution in [0.25, 0.3) is 0 Å². The zero-order valence-corrected chi connectivity index (χ0v) is 32.4. The van der Waals surface area contributed by atoms with Crippen LogP contribution < -0.4 is 5.32 Å². The third-order valence-corrected chi connectivity index (χ3v) is 9.75. The molecule has 1 amide bonds. The molecule has 6 N–H and O–H groups in total. The molecule has 0 spiro atoms. The van der Waals surface area contributed by atoms with E-state index in [0.29, 0.717) is 12.8 Å². The van der Waals surface area contributed by atoms with Gasteiger partial charge in [0.2, 0.25) is 5.91 Å². The van der Waals surface area contributed by atoms with Gasteiger partial charge in [-0.3, -0.25) is 4.79 Å². The van der Waals surface area contributed by atoms with E-state index in [2.05, 4.69) is 55.6 Å². The molecule has 9 heteroatoms. The normalized spacial score (nSPS) is 22.4. The molecule has 1 saturated heterocycles. The van der Waals surface area contributed by atoms with Crippen molar-refractivity contribution in [2.24, 2.45) is 0 Å². The first-order valence-corrected chi connectivity index (χ1v) is 20.7. The first-order chi connectivity index (χ1) is 24.8. The maximum Gasteiger partial charge on any atom is 0.220 e. The van der Waals surface area contributed by atoms with Crippen LogP contribution in [0.2, 0.25) is 0 Å². The Labute approximate surface area is 311 Å². The maximum absolute atomic E-state index is 12.9. The predicted octanol–water partition coefficient (Wildman–Crippen LogP) is 7.72. The van der Waals surface area contributed by atoms with E-state index >= 15 is 0 Å². The highest BCUT2D eigenvalue weighted by atomic mass is 16.7. The Bertz CT molecular complexity index is 894. The minimum atomic E-state index is -1.55. The fraction of sp³-hybridized carbons (Fsp3) is 0.833. The number of allylic oxidation sites excluding steroid dienone is 6. The molecule has 0 aromatic rings. The van der Waals surface area contributed by atoms with Crippen molar-refractivity contribution < 1.29 is 39.8 Å². The van der Waals surface area contributed by atoms with E-state index in [1.165, 1.54) is 77.0 Å². The Kier molecular flexibility index (Phi) is 30.7. The second kappa shape index (κ2) is 33.0. The molecule has 298 valence electrons. The van der Waals surface area contributed by atoms with Crippen molar-refractivity contribution in [3.63, 3.8) is 0 Å². The molecular weight excluding hydrogens is 646 g/mol. The van der Waals surface area contributed by atoms with Gasteiger partial charge in [0.05, 0.1) is 25.4 Å². The van der Waals surface area contributed by atoms with Crippen LogP contribution in [0.1, 0.15) is 168 Å². The Balaban J connectivity index is 2.29. The summed E-state index contributed by atoms with van der Waals surface area (Å²) in [6.45, 7) is 3.74. The van der Waals surface area contributed by atoms with E-state index in [0.717, 1.165) is 64.2 Å². The molecule has 0 radical (unpaired) electrons. The number of carbonyl (C=O) groups is 1. The lowest BCUT2D eigenvalue weighted by atomic mass is 9.99. The monoisotopic (exact) mass is 724 g/mol. The molecule has 1 rings (SSSR count). The first kappa shape index (κ1) is 47.4. The van der Waals surface area contributed by atoms with Gasteiger partial charge in [-0.2, -0.15) is 0 Å². The Morgan fingerprint density at radius 1 is 0.667 bits per heavy atom. The van der Waals surface area contributed by atoms with Crippen molar-refractivity contribution in [1.82, 2.24) is 5.32 Å². The van der Waals surface area contributed by atoms with Crippen molar-refractivity contribution in [1.29, 1.82) is 0 Å². The van der Waals surface area contributed by atoms with Crippen LogP contribution in [-0.4, -0.2) is 87.5 Å². The summed E-state index contributed by atoms with van der Waals surface area (Å²) in [6, 6.07) is -0.722. The zero-order valence-electron chi connectivity index (χ0n) is 32.4. The summed E-state index contributed by atoms with van der Waals surface area (Å²) in [5.41, 5.74) is 0. The van der Waals surface area contributed by atoms with Gasteiger partial charge in [-0.05, 0) is 51.4 Å². The summed E-state index contributed by atoms with van der Waals surface area (Å²) < 4.78 is 11.2. The van der Waals surface area contributed by atoms with E-state index in [9.17, 15) is 30.3 Å². The number of hydrogen-bond acceptors (Lipinski definition) is 8. The number of nitrogens with one attached hydrogen (secondary N) is 1. The number of ether oxygens (including phenoxy) is 2. The largest absolute Gasteiger partial charge is 0.394 e. The van der Waals surface area contributed by atoms with Crippen molar-refractivity contribution >= 4 is 5.91 Å². The van der Waals surface area contributed by atoms with Crippen LogP contribution >= 0.6 is 0 Å². The number of aliphatic hydroxyl groups excluding tert-OH is 5. The van der Waals surface area contributed by atoms with Crippen molar-refractivity contribution in [2.45, 2.75) is 211 Å². The number of carbonyl (C=O) groups excluding carboxylic acids is 1. The molecule has 1 aliphatic heterocycles. The van der Waals surface area contributed by atoms with Gasteiger partial charge in [0.15, 0.2) is 6.29 Å². The molecule has 0 saturated carbocycles. The number of hydrogen-bond donors (Lipinski definition) is 6. The van der Waals surface area contributed by atoms with E-state index < -0.39 is 49.5 Å². The summed E-state index contributed by atoms with van der Waals surface area (Å²) in [5.74, 6) is -0.163. The van der Waals surface area contributed by atoms with Crippen LogP contribution in [0.3, 0.4) is 0 Å². The van der Waals surface area contributed by atoms with Gasteiger partial charge in [0.1, 0.15) is 24.4 Å². The fourth-order valence-corrected chi connectivity index (χ4v) is 6.34. The second-order valence-electron chi connectivity index (χ2n) is 14.4. The van der Waals surface area contributed by atoms with Crippen LogP contribution in [0, 0.1) is 0 Å². The molecule has 0 aromatic carbocycles. The van der Waals surface area contributed by atoms with Gasteiger partial charge >= 0.3 is 0 Å². The molecule has 0 aromatic heterocycles. The second-order valence-corrected chi connectivity index (χ2v) is 14.4. The summed E-state index contributed by atoms with van der Waals surface area (Å²) in [7, 11) is 0. The Morgan fingerprint density at radius 3 is 1.71 bits per heavy atom. The summed E-state index contributed by atoms with van der Waals surface area (Å²) >= 11 is 0. The van der Waals surface area contributed by atoms with Crippen molar-refractivity contribution in [2.75, 3.05) is 13.2 Å². The predicted molar refractivity (Wildman–Crippen MR) is 207 cm³/mol. The topological polar surface area (TPSA) is 149 Å². The smallest absolute Gasteiger partial charge is 0.220 e. The highest BCUT2D eigenvalue weighted by Crippen LogP contribution is 2.23. The SMILES string of the molecule is CCCCCCC/C=C\C/C=C\C/C=C\CCCCCCCCC(=O)NC(COC1OC(CO)C(O)C(O)C1O)C(O)CCCCCCCCC. The highest BCUT2D eigenvalue weighted by molar-refractivity contribution is 5.76. The molecule has 7 unspecified atom stereocenters. The lowest BCUT2D eigenvalue weighted by Gasteiger charge is -2.40. The van der Waals surface area contributed by atoms with Crippen molar-refractivity contribution in [3.8, 4) is 0 Å². The van der Waals surface area contributed by atoms with E-state index in [1.54, 1.807) is 0 Å². The number of unbranched alkanes of at least 4 members (excludes halogenated alkanes) is 17. The van der Waals surface area contributed by atoms with E-state index in [1.807, 2.05) is 0 Å². The zero-order chi connectivity index (χ0) is 37.4. The average Bonchev–Trinajstić information content (AvgIpc) is 3.13. The summed E-state index contributed by atoms with van der Waals surface area (Å²) in [5, 5.41) is 53.9. The van der Waals surface area contributed by atoms with Crippen LogP contribution in [0.5, 0.6) is 0 Å². The quantitative estimate of drug-likeness (QED) is 0.0298. The van der Waals surface area contributed by atoms with Gasteiger partial charge in [-0.1, -0.05) is 147 Å². The Hall–Kier alpha value is -1.59. The molecule has 1 fully saturated rings. The highest BCUT2D eigenvalue weighted by Gasteiger charge is 2.44. The molecule has 9 nitrogen and oxygen atoms in total. The lowest BCUT2D eigenvalue weighted by molar-refractivity contribution is -0.302. The number of aliphatic hydroxyl groups is 5. The van der Waals surface area contributed by atoms with Crippen LogP contribution in [0.4, 0.5) is 0 Å². The molecule has 51 heavy (non-hydrogen) atoms. The van der Waals surface area contributed by atoms with E-state index in [-0.39, 0.29) is 12.5 Å². The minimum absolute atomic E-state index is 0.145. The summed E-state index contributed by atoms with van der Waals surface area (Å²) in [4.78, 5) is 12.9. The molecule has 1 heterocycles. The number of rotatable bonds is 33. The minimum Gasteiger partial charge on any atom is -0.394 e. The third-order valence-electron chi connectivity index (χ3n) is 9.75. The molecule has 1 aliphatic rings. The van der Waals surface area contributed by atoms with Gasteiger partial charge in [-0.15, -0.1) is 0 Å². The fourth-order valence-electron chi connectivity index (χ4n) is 6.34. The maximum atomic E-state index is 12.9. The molecule has 7 atom stereocenters. The molecule has 0 aliphatic carbocycles. The Morgan fingerprint density at radius 2 is 1.16 bits per heavy atom. The van der Waals surface area contributed by atoms with Gasteiger partial charge in [-0.25, -0.2) is 0 Å². The summed E-state index contributed by atoms with van der Waals surface area (Å²) in [6.07, 6.45) is 31.7. The average molecular weight is 724 g/mol. The van der Waals surface area contributed by atoms with Crippen molar-refractivity contribution in [3.05, 3.63) is 36.5 Å². The molecule has 0 bridgehead atoms. The number of amides is 1. The lowest BCUT2D eigenvalue weighted by Crippen LogP contribution is -2.60. The molecular formula is C42H77NO8. The van der Waals surface area contributed by atoms with Gasteiger partial charge in [0.25, 0.3) is 0 Å². The van der Waals surface area contributed by atoms with E-state index in [4.69, 9.17) is 9.47 Å². The van der Waals surface area contributed by atoms with Crippen LogP contribution in [-0.2, 0) is 14.3 Å². The third kappa shape index (κ3) is 24.4. The van der Waals surface area contributed by atoms with Gasteiger partial charge in [0, 0.05) is 6.42 Å². The van der Waals surface area contributed by atoms with Gasteiger partial charge < -0.3 is 40.3 Å². The standard InChI is InChI=1S/C42H77NO8/c1-3-5-7-9-11-12-13-14-15-16-17-18-19-20-21-22-23-24-26-28-30-32-38(46)43-35(36(45)31-29-27-25-10-8-6-4-2)34-50-42-41(49)40(48)39(47)37(33-44)51-42/h13-14,16-17,19-20,35-37,39-42,44-45,47-49H,3-12,15,18,21-34H2,1-2H3,(H,43,46)/b14-13-,17-16-,20-19-.